The molecule has 0 fully saturated rings. The zero-order valence-corrected chi connectivity index (χ0v) is 13.6. The van der Waals surface area contributed by atoms with Crippen molar-refractivity contribution in [2.75, 3.05) is 13.7 Å². The zero-order valence-electron chi connectivity index (χ0n) is 12.0. The van der Waals surface area contributed by atoms with Gasteiger partial charge in [0, 0.05) is 12.5 Å². The first-order chi connectivity index (χ1) is 9.58. The van der Waals surface area contributed by atoms with Crippen LogP contribution in [0, 0.1) is 11.3 Å². The predicted molar refractivity (Wildman–Crippen MR) is 83.0 cm³/mol. The highest BCUT2D eigenvalue weighted by atomic mass is 79.9. The van der Waals surface area contributed by atoms with Crippen molar-refractivity contribution in [3.8, 4) is 17.6 Å². The van der Waals surface area contributed by atoms with E-state index in [9.17, 15) is 0 Å². The van der Waals surface area contributed by atoms with E-state index >= 15 is 0 Å². The van der Waals surface area contributed by atoms with Gasteiger partial charge in [-0.05, 0) is 59.8 Å². The van der Waals surface area contributed by atoms with Crippen LogP contribution < -0.4 is 15.2 Å². The number of hydrogen-bond donors (Lipinski definition) is 1. The van der Waals surface area contributed by atoms with E-state index in [1.807, 2.05) is 19.1 Å². The van der Waals surface area contributed by atoms with Gasteiger partial charge in [0.25, 0.3) is 0 Å². The van der Waals surface area contributed by atoms with Gasteiger partial charge in [0.15, 0.2) is 11.5 Å². The number of benzene rings is 1. The summed E-state index contributed by atoms with van der Waals surface area (Å²) in [6.07, 6.45) is 3.05. The van der Waals surface area contributed by atoms with Gasteiger partial charge >= 0.3 is 0 Å². The average Bonchev–Trinajstić information content (AvgIpc) is 2.39. The van der Waals surface area contributed by atoms with Crippen LogP contribution in [0.4, 0.5) is 0 Å². The minimum Gasteiger partial charge on any atom is -0.493 e. The molecule has 0 aromatic heterocycles. The van der Waals surface area contributed by atoms with Crippen molar-refractivity contribution in [2.45, 2.75) is 38.6 Å². The van der Waals surface area contributed by atoms with Gasteiger partial charge in [-0.3, -0.25) is 0 Å². The molecule has 0 radical (unpaired) electrons. The Balaban J connectivity index is 2.72. The Kier molecular flexibility index (Phi) is 7.42. The third kappa shape index (κ3) is 5.40. The van der Waals surface area contributed by atoms with Crippen molar-refractivity contribution in [3.05, 3.63) is 22.2 Å². The maximum absolute atomic E-state index is 8.48. The molecule has 2 N–H and O–H groups in total. The van der Waals surface area contributed by atoms with Crippen molar-refractivity contribution in [3.63, 3.8) is 0 Å². The minimum atomic E-state index is 0.101. The first-order valence-corrected chi connectivity index (χ1v) is 7.49. The topological polar surface area (TPSA) is 68.3 Å². The van der Waals surface area contributed by atoms with Gasteiger partial charge < -0.3 is 15.2 Å². The number of nitriles is 1. The number of unbranched alkanes of at least 4 members (excludes halogenated alkanes) is 2. The Bertz CT molecular complexity index is 470. The van der Waals surface area contributed by atoms with Crippen molar-refractivity contribution in [1.29, 1.82) is 5.26 Å². The molecule has 4 nitrogen and oxygen atoms in total. The summed E-state index contributed by atoms with van der Waals surface area (Å²) in [4.78, 5) is 0. The molecule has 0 aliphatic rings. The Hall–Kier alpha value is -1.25. The molecule has 1 rings (SSSR count). The summed E-state index contributed by atoms with van der Waals surface area (Å²) in [5.74, 6) is 1.41. The molecule has 0 saturated heterocycles. The summed E-state index contributed by atoms with van der Waals surface area (Å²) in [6.45, 7) is 2.54. The van der Waals surface area contributed by atoms with Crippen LogP contribution in [0.2, 0.25) is 0 Å². The predicted octanol–water partition coefficient (Wildman–Crippen LogP) is 3.42. The fourth-order valence-corrected chi connectivity index (χ4v) is 2.49. The van der Waals surface area contributed by atoms with Crippen LogP contribution in [-0.4, -0.2) is 19.8 Å². The number of nitrogens with two attached hydrogens (primary N) is 1. The highest BCUT2D eigenvalue weighted by Crippen LogP contribution is 2.37. The fourth-order valence-electron chi connectivity index (χ4n) is 1.88. The van der Waals surface area contributed by atoms with Crippen LogP contribution in [0.15, 0.2) is 16.6 Å². The molecule has 1 atom stereocenters. The first kappa shape index (κ1) is 16.8. The molecule has 1 aromatic rings. The molecule has 0 amide bonds. The molecule has 5 heteroatoms. The zero-order chi connectivity index (χ0) is 15.0. The maximum atomic E-state index is 8.48. The van der Waals surface area contributed by atoms with Gasteiger partial charge in [-0.15, -0.1) is 0 Å². The maximum Gasteiger partial charge on any atom is 0.175 e. The number of nitrogens with zero attached hydrogens (tertiary/aromatic N) is 1. The minimum absolute atomic E-state index is 0.101. The van der Waals surface area contributed by atoms with E-state index in [2.05, 4.69) is 22.0 Å². The summed E-state index contributed by atoms with van der Waals surface area (Å²) >= 11 is 3.51. The lowest BCUT2D eigenvalue weighted by molar-refractivity contribution is 0.285. The highest BCUT2D eigenvalue weighted by molar-refractivity contribution is 9.10. The van der Waals surface area contributed by atoms with Crippen molar-refractivity contribution in [2.24, 2.45) is 5.73 Å². The molecular formula is C15H21BrN2O2. The van der Waals surface area contributed by atoms with E-state index in [1.165, 1.54) is 0 Å². The van der Waals surface area contributed by atoms with Gasteiger partial charge in [0.1, 0.15) is 0 Å². The van der Waals surface area contributed by atoms with Crippen LogP contribution >= 0.6 is 15.9 Å². The van der Waals surface area contributed by atoms with E-state index in [0.717, 1.165) is 29.3 Å². The van der Waals surface area contributed by atoms with Gasteiger partial charge in [-0.1, -0.05) is 0 Å². The fraction of sp³-hybridized carbons (Fsp3) is 0.533. The number of methoxy groups -OCH3 is 1. The molecule has 0 heterocycles. The van der Waals surface area contributed by atoms with E-state index < -0.39 is 0 Å². The van der Waals surface area contributed by atoms with Crippen molar-refractivity contribution < 1.29 is 9.47 Å². The monoisotopic (exact) mass is 340 g/mol. The molecule has 0 aliphatic carbocycles. The van der Waals surface area contributed by atoms with Crippen LogP contribution in [0.3, 0.4) is 0 Å². The molecule has 1 unspecified atom stereocenters. The van der Waals surface area contributed by atoms with Gasteiger partial charge in [0.2, 0.25) is 0 Å². The number of hydrogen-bond acceptors (Lipinski definition) is 4. The summed E-state index contributed by atoms with van der Waals surface area (Å²) in [6, 6.07) is 6.19. The second-order valence-corrected chi connectivity index (χ2v) is 5.61. The molecule has 0 saturated carbocycles. The van der Waals surface area contributed by atoms with E-state index in [0.29, 0.717) is 24.5 Å². The van der Waals surface area contributed by atoms with Gasteiger partial charge in [-0.2, -0.15) is 5.26 Å². The quantitative estimate of drug-likeness (QED) is 0.736. The van der Waals surface area contributed by atoms with E-state index in [4.69, 9.17) is 20.5 Å². The Labute approximate surface area is 129 Å². The van der Waals surface area contributed by atoms with Crippen molar-refractivity contribution in [1.82, 2.24) is 0 Å². The lowest BCUT2D eigenvalue weighted by Gasteiger charge is -2.15. The highest BCUT2D eigenvalue weighted by Gasteiger charge is 2.12. The molecule has 0 bridgehead atoms. The van der Waals surface area contributed by atoms with Crippen LogP contribution in [-0.2, 0) is 6.42 Å². The smallest absolute Gasteiger partial charge is 0.175 e. The second kappa shape index (κ2) is 8.83. The van der Waals surface area contributed by atoms with Crippen LogP contribution in [0.1, 0.15) is 31.7 Å². The lowest BCUT2D eigenvalue weighted by Crippen LogP contribution is -2.17. The third-order valence-electron chi connectivity index (χ3n) is 2.78. The summed E-state index contributed by atoms with van der Waals surface area (Å²) in [7, 11) is 1.62. The molecule has 1 aromatic carbocycles. The van der Waals surface area contributed by atoms with Gasteiger partial charge in [-0.25, -0.2) is 0 Å². The first-order valence-electron chi connectivity index (χ1n) is 6.70. The molecule has 0 aliphatic heterocycles. The average molecular weight is 341 g/mol. The molecule has 0 spiro atoms. The summed E-state index contributed by atoms with van der Waals surface area (Å²) < 4.78 is 12.0. The Morgan fingerprint density at radius 1 is 1.40 bits per heavy atom. The molecular weight excluding hydrogens is 320 g/mol. The van der Waals surface area contributed by atoms with Crippen LogP contribution in [0.5, 0.6) is 11.5 Å². The third-order valence-corrected chi connectivity index (χ3v) is 3.37. The lowest BCUT2D eigenvalue weighted by atomic mass is 10.1. The van der Waals surface area contributed by atoms with Crippen molar-refractivity contribution >= 4 is 15.9 Å². The summed E-state index contributed by atoms with van der Waals surface area (Å²) in [5, 5.41) is 8.48. The molecule has 20 heavy (non-hydrogen) atoms. The van der Waals surface area contributed by atoms with E-state index in [1.54, 1.807) is 7.11 Å². The normalized spacial score (nSPS) is 11.8. The SMILES string of the molecule is COc1cc(CC(C)N)cc(Br)c1OCCCCC#N. The second-order valence-electron chi connectivity index (χ2n) is 4.75. The number of halogens is 1. The Morgan fingerprint density at radius 3 is 2.75 bits per heavy atom. The number of rotatable bonds is 8. The molecule has 110 valence electrons. The van der Waals surface area contributed by atoms with E-state index in [-0.39, 0.29) is 6.04 Å². The standard InChI is InChI=1S/C15H21BrN2O2/c1-11(18)8-12-9-13(16)15(14(10-12)19-2)20-7-5-3-4-6-17/h9-11H,3-5,7-8,18H2,1-2H3. The largest absolute Gasteiger partial charge is 0.493 e. The Morgan fingerprint density at radius 2 is 2.15 bits per heavy atom. The summed E-state index contributed by atoms with van der Waals surface area (Å²) in [5.41, 5.74) is 6.93. The van der Waals surface area contributed by atoms with Gasteiger partial charge in [0.05, 0.1) is 24.3 Å². The van der Waals surface area contributed by atoms with Crippen LogP contribution in [0.25, 0.3) is 0 Å². The number of ether oxygens (including phenoxy) is 2.